The van der Waals surface area contributed by atoms with E-state index in [0.29, 0.717) is 9.52 Å². The molecule has 0 bridgehead atoms. The van der Waals surface area contributed by atoms with Gasteiger partial charge in [-0.25, -0.2) is 0 Å². The summed E-state index contributed by atoms with van der Waals surface area (Å²) < 4.78 is 0. The topological polar surface area (TPSA) is 0 Å². The predicted molar refractivity (Wildman–Crippen MR) is 80.2 cm³/mol. The quantitative estimate of drug-likeness (QED) is 0.239. The van der Waals surface area contributed by atoms with E-state index in [1.54, 1.807) is 6.04 Å². The summed E-state index contributed by atoms with van der Waals surface area (Å²) in [6.07, 6.45) is 17.8. The van der Waals surface area contributed by atoms with Crippen molar-refractivity contribution in [3.8, 4) is 0 Å². The molecule has 0 aliphatic heterocycles. The Morgan fingerprint density at radius 3 is 1.62 bits per heavy atom. The third-order valence-corrected chi connectivity index (χ3v) is 4.47. The smallest absolute Gasteiger partial charge is 0.0166 e. The van der Waals surface area contributed by atoms with Crippen molar-refractivity contribution in [2.75, 3.05) is 0 Å². The van der Waals surface area contributed by atoms with Crippen molar-refractivity contribution in [1.82, 2.24) is 0 Å². The van der Waals surface area contributed by atoms with Crippen LogP contribution in [-0.2, 0) is 0 Å². The van der Waals surface area contributed by atoms with E-state index in [4.69, 9.17) is 0 Å². The van der Waals surface area contributed by atoms with E-state index in [1.165, 1.54) is 70.6 Å². The lowest BCUT2D eigenvalue weighted by molar-refractivity contribution is 0.557. The van der Waals surface area contributed by atoms with Gasteiger partial charge in [0.1, 0.15) is 0 Å². The van der Waals surface area contributed by atoms with E-state index in [9.17, 15) is 0 Å². The maximum atomic E-state index is 3.75. The van der Waals surface area contributed by atoms with Gasteiger partial charge in [0.05, 0.1) is 0 Å². The van der Waals surface area contributed by atoms with E-state index in [2.05, 4.69) is 13.1 Å². The zero-order valence-electron chi connectivity index (χ0n) is 11.5. The summed E-state index contributed by atoms with van der Waals surface area (Å²) in [5.74, 6) is 0. The highest BCUT2D eigenvalue weighted by Gasteiger charge is 1.92. The summed E-state index contributed by atoms with van der Waals surface area (Å²) in [5.41, 5.74) is 0. The molecule has 0 aromatic carbocycles. The molecule has 0 aromatic heterocycles. The first kappa shape index (κ1) is 16.0. The Hall–Kier alpha value is -0.0431. The third-order valence-electron chi connectivity index (χ3n) is 3.26. The second-order valence-electron chi connectivity index (χ2n) is 4.97. The zero-order valence-corrected chi connectivity index (χ0v) is 12.9. The van der Waals surface area contributed by atoms with Crippen molar-refractivity contribution < 1.29 is 0 Å². The van der Waals surface area contributed by atoms with Crippen LogP contribution in [-0.4, -0.2) is 9.52 Å². The van der Waals surface area contributed by atoms with Crippen LogP contribution < -0.4 is 0 Å². The number of hydrogen-bond acceptors (Lipinski definition) is 0. The summed E-state index contributed by atoms with van der Waals surface area (Å²) in [5, 5.41) is 0. The van der Waals surface area contributed by atoms with E-state index >= 15 is 0 Å². The molecule has 0 spiro atoms. The number of rotatable bonds is 13. The van der Waals surface area contributed by atoms with Crippen LogP contribution in [0.5, 0.6) is 0 Å². The lowest BCUT2D eigenvalue weighted by Gasteiger charge is -2.01. The molecule has 0 amide bonds. The second kappa shape index (κ2) is 15.0. The van der Waals surface area contributed by atoms with Gasteiger partial charge in [-0.2, -0.15) is 0 Å². The molecule has 0 aliphatic rings. The Bertz CT molecular complexity index is 131. The minimum absolute atomic E-state index is 0.349. The van der Waals surface area contributed by atoms with Crippen LogP contribution in [0.15, 0.2) is 12.7 Å². The summed E-state index contributed by atoms with van der Waals surface area (Å²) in [6, 6.07) is 1.57. The summed E-state index contributed by atoms with van der Waals surface area (Å²) >= 11 is 0. The highest BCUT2D eigenvalue weighted by Crippen LogP contribution is 2.11. The zero-order chi connectivity index (χ0) is 11.9. The SMILES string of the molecule is C=CCCCCCCCCCCCC[SiH2]C. The van der Waals surface area contributed by atoms with Gasteiger partial charge in [-0.15, -0.1) is 6.58 Å². The Labute approximate surface area is 106 Å². The van der Waals surface area contributed by atoms with Gasteiger partial charge >= 0.3 is 0 Å². The van der Waals surface area contributed by atoms with Crippen molar-refractivity contribution in [2.24, 2.45) is 0 Å². The molecule has 0 atom stereocenters. The van der Waals surface area contributed by atoms with Crippen molar-refractivity contribution >= 4 is 9.52 Å². The molecule has 0 radical (unpaired) electrons. The molecule has 0 rings (SSSR count). The maximum absolute atomic E-state index is 3.75. The minimum atomic E-state index is 0.349. The molecule has 0 aromatic rings. The normalized spacial score (nSPS) is 11.3. The molecule has 96 valence electrons. The van der Waals surface area contributed by atoms with E-state index in [0.717, 1.165) is 0 Å². The van der Waals surface area contributed by atoms with Crippen LogP contribution in [0.4, 0.5) is 0 Å². The third kappa shape index (κ3) is 14.0. The van der Waals surface area contributed by atoms with Crippen LogP contribution in [0.2, 0.25) is 12.6 Å². The Morgan fingerprint density at radius 1 is 0.750 bits per heavy atom. The summed E-state index contributed by atoms with van der Waals surface area (Å²) in [6.45, 7) is 6.18. The highest BCUT2D eigenvalue weighted by atomic mass is 28.2. The fourth-order valence-corrected chi connectivity index (χ4v) is 2.98. The van der Waals surface area contributed by atoms with Gasteiger partial charge < -0.3 is 0 Å². The van der Waals surface area contributed by atoms with E-state index in [-0.39, 0.29) is 0 Å². The molecule has 0 heterocycles. The fraction of sp³-hybridized carbons (Fsp3) is 0.867. The van der Waals surface area contributed by atoms with Crippen LogP contribution >= 0.6 is 0 Å². The standard InChI is InChI=1S/C15H32Si/c1-3-4-5-6-7-8-9-10-11-12-13-14-15-16-2/h3H,1,4-16H2,2H3. The lowest BCUT2D eigenvalue weighted by atomic mass is 10.1. The molecule has 0 saturated heterocycles. The summed E-state index contributed by atoms with van der Waals surface area (Å²) in [7, 11) is 0.349. The van der Waals surface area contributed by atoms with Gasteiger partial charge in [-0.05, 0) is 12.8 Å². The Morgan fingerprint density at radius 2 is 1.19 bits per heavy atom. The number of allylic oxidation sites excluding steroid dienone is 1. The second-order valence-corrected chi connectivity index (χ2v) is 6.67. The van der Waals surface area contributed by atoms with Crippen LogP contribution in [0, 0.1) is 0 Å². The van der Waals surface area contributed by atoms with E-state index < -0.39 is 0 Å². The van der Waals surface area contributed by atoms with Crippen molar-refractivity contribution in [3.05, 3.63) is 12.7 Å². The monoisotopic (exact) mass is 240 g/mol. The van der Waals surface area contributed by atoms with Gasteiger partial charge in [0.25, 0.3) is 0 Å². The lowest BCUT2D eigenvalue weighted by Crippen LogP contribution is -1.84. The molecule has 0 fully saturated rings. The molecule has 0 saturated carbocycles. The highest BCUT2D eigenvalue weighted by molar-refractivity contribution is 6.33. The molecule has 1 heteroatoms. The van der Waals surface area contributed by atoms with Gasteiger partial charge in [-0.3, -0.25) is 0 Å². The van der Waals surface area contributed by atoms with Gasteiger partial charge in [0.15, 0.2) is 0 Å². The number of hydrogen-bond donors (Lipinski definition) is 0. The molecule has 0 nitrogen and oxygen atoms in total. The molecular weight excluding hydrogens is 208 g/mol. The first-order valence-corrected chi connectivity index (χ1v) is 9.94. The molecule has 0 unspecified atom stereocenters. The average molecular weight is 241 g/mol. The average Bonchev–Trinajstić information content (AvgIpc) is 2.31. The van der Waals surface area contributed by atoms with Crippen LogP contribution in [0.3, 0.4) is 0 Å². The summed E-state index contributed by atoms with van der Waals surface area (Å²) in [4.78, 5) is 0. The largest absolute Gasteiger partial charge is 0.103 e. The van der Waals surface area contributed by atoms with Crippen LogP contribution in [0.25, 0.3) is 0 Å². The fourth-order valence-electron chi connectivity index (χ4n) is 2.13. The molecule has 16 heavy (non-hydrogen) atoms. The molecule has 0 aliphatic carbocycles. The van der Waals surface area contributed by atoms with Gasteiger partial charge in [0.2, 0.25) is 0 Å². The van der Waals surface area contributed by atoms with Gasteiger partial charge in [0, 0.05) is 9.52 Å². The van der Waals surface area contributed by atoms with Crippen molar-refractivity contribution in [3.63, 3.8) is 0 Å². The van der Waals surface area contributed by atoms with Crippen molar-refractivity contribution in [2.45, 2.75) is 83.2 Å². The first-order valence-electron chi connectivity index (χ1n) is 7.52. The Balaban J connectivity index is 2.85. The maximum Gasteiger partial charge on any atom is 0.0166 e. The molecular formula is C15H32Si. The molecule has 0 N–H and O–H groups in total. The predicted octanol–water partition coefficient (Wildman–Crippen LogP) is 5.10. The minimum Gasteiger partial charge on any atom is -0.103 e. The Kier molecular flexibility index (Phi) is 14.9. The van der Waals surface area contributed by atoms with Crippen LogP contribution in [0.1, 0.15) is 70.6 Å². The number of unbranched alkanes of at least 4 members (excludes halogenated alkanes) is 10. The van der Waals surface area contributed by atoms with Crippen molar-refractivity contribution in [1.29, 1.82) is 0 Å². The first-order chi connectivity index (χ1) is 7.91. The van der Waals surface area contributed by atoms with Gasteiger partial charge in [-0.1, -0.05) is 76.5 Å². The van der Waals surface area contributed by atoms with E-state index in [1.807, 2.05) is 6.08 Å².